The van der Waals surface area contributed by atoms with Crippen molar-refractivity contribution in [3.63, 3.8) is 0 Å². The monoisotopic (exact) mass is 166 g/mol. The van der Waals surface area contributed by atoms with Crippen molar-refractivity contribution in [3.05, 3.63) is 0 Å². The van der Waals surface area contributed by atoms with Gasteiger partial charge in [0.25, 0.3) is 0 Å². The van der Waals surface area contributed by atoms with Crippen molar-refractivity contribution in [1.82, 2.24) is 0 Å². The first-order valence-electron chi connectivity index (χ1n) is 3.43. The van der Waals surface area contributed by atoms with Crippen LogP contribution in [-0.4, -0.2) is 58.1 Å². The second-order valence-electron chi connectivity index (χ2n) is 2.60. The van der Waals surface area contributed by atoms with E-state index in [1.807, 2.05) is 0 Å². The first-order valence-corrected chi connectivity index (χ1v) is 3.43. The van der Waals surface area contributed by atoms with Crippen LogP contribution in [0.4, 0.5) is 0 Å². The zero-order chi connectivity index (χ0) is 8.43. The molecule has 1 fully saturated rings. The molecule has 11 heavy (non-hydrogen) atoms. The van der Waals surface area contributed by atoms with Crippen LogP contribution in [0.2, 0.25) is 0 Å². The number of aliphatic hydroxyl groups is 4. The van der Waals surface area contributed by atoms with Crippen LogP contribution in [0.1, 0.15) is 0 Å². The van der Waals surface area contributed by atoms with Gasteiger partial charge in [-0.15, -0.1) is 0 Å². The minimum absolute atomic E-state index is 0.0521. The van der Waals surface area contributed by atoms with Crippen molar-refractivity contribution in [2.45, 2.75) is 24.4 Å². The molecule has 0 unspecified atom stereocenters. The maximum atomic E-state index is 9.11. The van der Waals surface area contributed by atoms with E-state index in [-0.39, 0.29) is 13.2 Å². The van der Waals surface area contributed by atoms with E-state index < -0.39 is 24.4 Å². The fourth-order valence-corrected chi connectivity index (χ4v) is 1.03. The highest BCUT2D eigenvalue weighted by Crippen LogP contribution is 2.14. The van der Waals surface area contributed by atoms with Gasteiger partial charge in [-0.1, -0.05) is 0 Å². The topological polar surface area (TPSA) is 90.2 Å². The summed E-state index contributed by atoms with van der Waals surface area (Å²) in [7, 11) is 0. The van der Waals surface area contributed by atoms with Crippen molar-refractivity contribution in [1.29, 1.82) is 0 Å². The molecule has 5 nitrogen and oxygen atoms in total. The van der Waals surface area contributed by atoms with E-state index in [0.29, 0.717) is 0 Å². The normalized spacial score (nSPS) is 45.8. The Balaban J connectivity index is 2.52. The lowest BCUT2D eigenvalue weighted by Crippen LogP contribution is -2.53. The summed E-state index contributed by atoms with van der Waals surface area (Å²) in [6.07, 6.45) is -4.27. The van der Waals surface area contributed by atoms with Crippen LogP contribution >= 0.6 is 0 Å². The Kier molecular flexibility index (Phi) is 2.80. The fraction of sp³-hybridized carbons (Fsp3) is 1.00. The molecule has 0 radical (unpaired) electrons. The lowest BCUT2D eigenvalue weighted by molar-refractivity contribution is -0.195. The molecule has 4 N–H and O–H groups in total. The minimum Gasteiger partial charge on any atom is -0.394 e. The lowest BCUT2D eigenvalue weighted by Gasteiger charge is -2.34. The molecule has 4 atom stereocenters. The van der Waals surface area contributed by atoms with E-state index >= 15 is 0 Å². The van der Waals surface area contributed by atoms with Gasteiger partial charge in [0.2, 0.25) is 0 Å². The second kappa shape index (κ2) is 3.46. The van der Waals surface area contributed by atoms with Crippen LogP contribution < -0.4 is 0 Å². The molecule has 0 bridgehead atoms. The van der Waals surface area contributed by atoms with Crippen LogP contribution in [-0.2, 0) is 4.74 Å². The molecule has 0 aromatic heterocycles. The van der Waals surface area contributed by atoms with Gasteiger partial charge in [0, 0.05) is 0 Å². The number of hydrogen-bond donors (Lipinski definition) is 4. The Labute approximate surface area is 63.8 Å². The quantitative estimate of drug-likeness (QED) is 0.322. The van der Waals surface area contributed by atoms with Crippen LogP contribution in [0.25, 0.3) is 0 Å². The fourth-order valence-electron chi connectivity index (χ4n) is 1.03. The molecule has 0 aliphatic carbocycles. The smallest absolute Gasteiger partial charge is 0.111 e. The van der Waals surface area contributed by atoms with E-state index in [1.54, 1.807) is 0 Å². The van der Waals surface area contributed by atoms with E-state index in [4.69, 9.17) is 25.2 Å². The van der Waals surface area contributed by atoms with E-state index in [9.17, 15) is 0 Å². The predicted molar refractivity (Wildman–Crippen MR) is 34.8 cm³/mol. The van der Waals surface area contributed by atoms with Crippen molar-refractivity contribution in [2.24, 2.45) is 0 Å². The highest BCUT2D eigenvalue weighted by Gasteiger charge is 2.36. The Morgan fingerprint density at radius 2 is 1.82 bits per heavy atom. The number of aliphatic hydroxyl groups excluding tert-OH is 4. The van der Waals surface area contributed by atoms with Crippen LogP contribution in [0.3, 0.4) is 0 Å². The zero-order valence-electron chi connectivity index (χ0n) is 5.92. The number of hydrogen-bond acceptors (Lipinski definition) is 5. The largest absolute Gasteiger partial charge is 0.394 e. The molecule has 1 rings (SSSR count). The summed E-state index contributed by atoms with van der Waals surface area (Å²) in [5, 5.41) is 35.7. The van der Waals surface area contributed by atoms with Crippen molar-refractivity contribution < 1.29 is 25.2 Å². The summed E-state index contributed by atoms with van der Waals surface area (Å²) in [6, 6.07) is 0. The molecular formula is C6H12O5. The number of ether oxygens (including phenoxy) is 1. The maximum absolute atomic E-state index is 9.11. The molecule has 1 heterocycles. The third kappa shape index (κ3) is 1.69. The molecule has 1 saturated heterocycles. The molecule has 5 heteroatoms. The molecular weight excluding hydrogens is 154 g/mol. The molecule has 0 aromatic carbocycles. The van der Waals surface area contributed by atoms with E-state index in [0.717, 1.165) is 0 Å². The van der Waals surface area contributed by atoms with Gasteiger partial charge < -0.3 is 25.2 Å². The van der Waals surface area contributed by atoms with Crippen molar-refractivity contribution >= 4 is 0 Å². The average Bonchev–Trinajstić information content (AvgIpc) is 2.01. The van der Waals surface area contributed by atoms with Gasteiger partial charge >= 0.3 is 0 Å². The summed E-state index contributed by atoms with van der Waals surface area (Å²) in [5.41, 5.74) is 0. The third-order valence-electron chi connectivity index (χ3n) is 1.79. The SMILES string of the molecule is O[13CH2][C@@H]1O[13CH2][C@@H](O)[C@H](O)[C@H]1O. The van der Waals surface area contributed by atoms with Gasteiger partial charge in [0.05, 0.1) is 13.2 Å². The summed E-state index contributed by atoms with van der Waals surface area (Å²) < 4.78 is 4.81. The van der Waals surface area contributed by atoms with E-state index in [2.05, 4.69) is 0 Å². The first kappa shape index (κ1) is 8.89. The second-order valence-corrected chi connectivity index (χ2v) is 2.60. The molecule has 0 spiro atoms. The molecule has 1 aliphatic rings. The molecule has 0 saturated carbocycles. The lowest BCUT2D eigenvalue weighted by atomic mass is 10.1. The Hall–Kier alpha value is -0.200. The zero-order valence-corrected chi connectivity index (χ0v) is 5.92. The Bertz CT molecular complexity index is 126. The summed E-state index contributed by atoms with van der Waals surface area (Å²) in [6.45, 7) is -0.408. The summed E-state index contributed by atoms with van der Waals surface area (Å²) in [5.74, 6) is 0. The average molecular weight is 166 g/mol. The van der Waals surface area contributed by atoms with Gasteiger partial charge in [-0.3, -0.25) is 0 Å². The minimum atomic E-state index is -1.22. The van der Waals surface area contributed by atoms with Gasteiger partial charge in [-0.2, -0.15) is 0 Å². The number of rotatable bonds is 1. The molecule has 66 valence electrons. The standard InChI is InChI=1S/C6H12O5/c7-1-4-6(10)5(9)3(8)2-11-4/h3-10H,1-2H2/t3-,4+,5+,6+/m1/s1/i1+1,2+1. The maximum Gasteiger partial charge on any atom is 0.111 e. The summed E-state index contributed by atoms with van der Waals surface area (Å²) >= 11 is 0. The highest BCUT2D eigenvalue weighted by molar-refractivity contribution is 4.85. The molecule has 0 amide bonds. The Morgan fingerprint density at radius 1 is 1.18 bits per heavy atom. The molecule has 1 aliphatic heterocycles. The third-order valence-corrected chi connectivity index (χ3v) is 1.79. The summed E-state index contributed by atoms with van der Waals surface area (Å²) in [4.78, 5) is 0. The van der Waals surface area contributed by atoms with Crippen molar-refractivity contribution in [2.75, 3.05) is 13.2 Å². The van der Waals surface area contributed by atoms with Gasteiger partial charge in [-0.25, -0.2) is 0 Å². The van der Waals surface area contributed by atoms with Crippen molar-refractivity contribution in [3.8, 4) is 0 Å². The van der Waals surface area contributed by atoms with E-state index in [1.165, 1.54) is 0 Å². The van der Waals surface area contributed by atoms with Crippen LogP contribution in [0.5, 0.6) is 0 Å². The highest BCUT2D eigenvalue weighted by atomic mass is 16.6. The predicted octanol–water partition coefficient (Wildman–Crippen LogP) is -2.54. The van der Waals surface area contributed by atoms with Crippen LogP contribution in [0.15, 0.2) is 0 Å². The van der Waals surface area contributed by atoms with Gasteiger partial charge in [0.15, 0.2) is 0 Å². The first-order chi connectivity index (χ1) is 5.16. The van der Waals surface area contributed by atoms with Gasteiger partial charge in [0.1, 0.15) is 24.4 Å². The van der Waals surface area contributed by atoms with Crippen LogP contribution in [0, 0.1) is 0 Å². The Morgan fingerprint density at radius 3 is 2.36 bits per heavy atom. The molecule has 0 aromatic rings. The van der Waals surface area contributed by atoms with Gasteiger partial charge in [-0.05, 0) is 0 Å².